The summed E-state index contributed by atoms with van der Waals surface area (Å²) in [4.78, 5) is 4.53. The molecule has 0 saturated heterocycles. The summed E-state index contributed by atoms with van der Waals surface area (Å²) in [6, 6.07) is 10.7. The summed E-state index contributed by atoms with van der Waals surface area (Å²) in [6.45, 7) is 2.18. The molecule has 130 valence electrons. The third kappa shape index (κ3) is 4.43. The summed E-state index contributed by atoms with van der Waals surface area (Å²) >= 11 is 1.53. The summed E-state index contributed by atoms with van der Waals surface area (Å²) in [6.07, 6.45) is 1.15. The Kier molecular flexibility index (Phi) is 4.87. The van der Waals surface area contributed by atoms with Crippen molar-refractivity contribution in [2.75, 3.05) is 6.26 Å². The van der Waals surface area contributed by atoms with Gasteiger partial charge in [0.25, 0.3) is 0 Å². The molecule has 0 amide bonds. The maximum Gasteiger partial charge on any atom is 0.175 e. The molecule has 0 fully saturated rings. The SMILES string of the molecule is Cc1nc(COc2cc(F)cc(-c3ccc(S(C)(=O)=O)cc3)c2)cs1. The van der Waals surface area contributed by atoms with E-state index in [2.05, 4.69) is 4.98 Å². The second-order valence-electron chi connectivity index (χ2n) is 5.62. The third-order valence-corrected chi connectivity index (χ3v) is 5.49. The van der Waals surface area contributed by atoms with Gasteiger partial charge in [-0.05, 0) is 42.3 Å². The van der Waals surface area contributed by atoms with Crippen LogP contribution in [0.2, 0.25) is 0 Å². The van der Waals surface area contributed by atoms with Crippen LogP contribution in [0.5, 0.6) is 5.75 Å². The predicted molar refractivity (Wildman–Crippen MR) is 96.1 cm³/mol. The molecule has 1 heterocycles. The van der Waals surface area contributed by atoms with E-state index in [1.807, 2.05) is 12.3 Å². The van der Waals surface area contributed by atoms with Gasteiger partial charge in [-0.1, -0.05) is 12.1 Å². The Morgan fingerprint density at radius 2 is 1.84 bits per heavy atom. The second kappa shape index (κ2) is 6.93. The Hall–Kier alpha value is -2.25. The van der Waals surface area contributed by atoms with E-state index < -0.39 is 15.7 Å². The summed E-state index contributed by atoms with van der Waals surface area (Å²) in [5.74, 6) is -0.0259. The van der Waals surface area contributed by atoms with Gasteiger partial charge in [0.1, 0.15) is 18.2 Å². The maximum absolute atomic E-state index is 13.9. The average Bonchev–Trinajstić information content (AvgIpc) is 2.97. The van der Waals surface area contributed by atoms with Crippen molar-refractivity contribution in [1.82, 2.24) is 4.98 Å². The van der Waals surface area contributed by atoms with E-state index in [9.17, 15) is 12.8 Å². The van der Waals surface area contributed by atoms with Crippen molar-refractivity contribution < 1.29 is 17.5 Å². The van der Waals surface area contributed by atoms with E-state index in [-0.39, 0.29) is 11.5 Å². The van der Waals surface area contributed by atoms with Crippen LogP contribution >= 0.6 is 11.3 Å². The summed E-state index contributed by atoms with van der Waals surface area (Å²) in [5.41, 5.74) is 2.12. The lowest BCUT2D eigenvalue weighted by Gasteiger charge is -2.09. The molecule has 0 bridgehead atoms. The minimum atomic E-state index is -3.26. The topological polar surface area (TPSA) is 56.3 Å². The highest BCUT2D eigenvalue weighted by Crippen LogP contribution is 2.27. The van der Waals surface area contributed by atoms with Crippen molar-refractivity contribution in [3.05, 3.63) is 64.4 Å². The van der Waals surface area contributed by atoms with Crippen molar-refractivity contribution in [1.29, 1.82) is 0 Å². The fourth-order valence-electron chi connectivity index (χ4n) is 2.34. The average molecular weight is 377 g/mol. The Morgan fingerprint density at radius 3 is 2.44 bits per heavy atom. The van der Waals surface area contributed by atoms with E-state index in [4.69, 9.17) is 4.74 Å². The first-order valence-corrected chi connectivity index (χ1v) is 10.2. The summed E-state index contributed by atoms with van der Waals surface area (Å²) in [5, 5.41) is 2.85. The normalized spacial score (nSPS) is 11.5. The van der Waals surface area contributed by atoms with Crippen molar-refractivity contribution >= 4 is 21.2 Å². The summed E-state index contributed by atoms with van der Waals surface area (Å²) < 4.78 is 42.6. The van der Waals surface area contributed by atoms with Gasteiger partial charge in [0.15, 0.2) is 9.84 Å². The molecule has 0 radical (unpaired) electrons. The Labute approximate surface area is 149 Å². The molecule has 2 aromatic carbocycles. The molecule has 0 aliphatic rings. The highest BCUT2D eigenvalue weighted by Gasteiger charge is 2.09. The number of rotatable bonds is 5. The molecular weight excluding hydrogens is 361 g/mol. The zero-order valence-corrected chi connectivity index (χ0v) is 15.3. The molecule has 0 aliphatic heterocycles. The van der Waals surface area contributed by atoms with Crippen LogP contribution in [-0.4, -0.2) is 19.7 Å². The number of hydrogen-bond donors (Lipinski definition) is 0. The van der Waals surface area contributed by atoms with E-state index in [1.165, 1.54) is 35.6 Å². The molecule has 3 rings (SSSR count). The molecule has 1 aromatic heterocycles. The van der Waals surface area contributed by atoms with Gasteiger partial charge in [-0.2, -0.15) is 0 Å². The van der Waals surface area contributed by atoms with Crippen LogP contribution in [-0.2, 0) is 16.4 Å². The quantitative estimate of drug-likeness (QED) is 0.667. The molecule has 0 unspecified atom stereocenters. The first-order valence-electron chi connectivity index (χ1n) is 7.46. The van der Waals surface area contributed by atoms with Crippen LogP contribution in [0.25, 0.3) is 11.1 Å². The van der Waals surface area contributed by atoms with Gasteiger partial charge in [-0.3, -0.25) is 0 Å². The van der Waals surface area contributed by atoms with Crippen LogP contribution < -0.4 is 4.74 Å². The standard InChI is InChI=1S/C18H16FNO3S2/c1-12-20-16(11-24-12)10-23-17-8-14(7-15(19)9-17)13-3-5-18(6-4-13)25(2,21)22/h3-9,11H,10H2,1-2H3. The third-order valence-electron chi connectivity index (χ3n) is 3.54. The highest BCUT2D eigenvalue weighted by atomic mass is 32.2. The number of nitrogens with zero attached hydrogens (tertiary/aromatic N) is 1. The lowest BCUT2D eigenvalue weighted by atomic mass is 10.1. The van der Waals surface area contributed by atoms with Gasteiger partial charge in [0, 0.05) is 17.7 Å². The Balaban J connectivity index is 1.83. The minimum Gasteiger partial charge on any atom is -0.487 e. The number of ether oxygens (including phenoxy) is 1. The number of thiazole rings is 1. The number of benzene rings is 2. The smallest absolute Gasteiger partial charge is 0.175 e. The fourth-order valence-corrected chi connectivity index (χ4v) is 3.57. The molecule has 4 nitrogen and oxygen atoms in total. The molecule has 7 heteroatoms. The van der Waals surface area contributed by atoms with E-state index in [0.29, 0.717) is 16.9 Å². The number of halogens is 1. The first kappa shape index (κ1) is 17.6. The second-order valence-corrected chi connectivity index (χ2v) is 8.70. The van der Waals surface area contributed by atoms with Gasteiger partial charge >= 0.3 is 0 Å². The molecule has 3 aromatic rings. The lowest BCUT2D eigenvalue weighted by molar-refractivity contribution is 0.300. The molecule has 0 spiro atoms. The number of sulfone groups is 1. The largest absolute Gasteiger partial charge is 0.487 e. The monoisotopic (exact) mass is 377 g/mol. The molecule has 0 saturated carbocycles. The van der Waals surface area contributed by atoms with E-state index >= 15 is 0 Å². The zero-order chi connectivity index (χ0) is 18.0. The van der Waals surface area contributed by atoms with Crippen LogP contribution in [0.3, 0.4) is 0 Å². The maximum atomic E-state index is 13.9. The van der Waals surface area contributed by atoms with Gasteiger partial charge in [0.05, 0.1) is 15.6 Å². The predicted octanol–water partition coefficient (Wildman–Crippen LogP) is 4.24. The van der Waals surface area contributed by atoms with Crippen molar-refractivity contribution in [2.45, 2.75) is 18.4 Å². The van der Waals surface area contributed by atoms with Crippen LogP contribution in [0.4, 0.5) is 4.39 Å². The Bertz CT molecular complexity index is 995. The molecule has 0 aliphatic carbocycles. The van der Waals surface area contributed by atoms with Gasteiger partial charge in [-0.15, -0.1) is 11.3 Å². The van der Waals surface area contributed by atoms with Crippen molar-refractivity contribution in [3.8, 4) is 16.9 Å². The first-order chi connectivity index (χ1) is 11.8. The van der Waals surface area contributed by atoms with Gasteiger partial charge < -0.3 is 4.74 Å². The van der Waals surface area contributed by atoms with Crippen LogP contribution in [0.15, 0.2) is 52.7 Å². The highest BCUT2D eigenvalue weighted by molar-refractivity contribution is 7.90. The fraction of sp³-hybridized carbons (Fsp3) is 0.167. The molecular formula is C18H16FNO3S2. The van der Waals surface area contributed by atoms with Crippen LogP contribution in [0, 0.1) is 12.7 Å². The molecule has 25 heavy (non-hydrogen) atoms. The van der Waals surface area contributed by atoms with Gasteiger partial charge in [0.2, 0.25) is 0 Å². The minimum absolute atomic E-state index is 0.225. The number of aromatic nitrogens is 1. The molecule has 0 atom stereocenters. The lowest BCUT2D eigenvalue weighted by Crippen LogP contribution is -1.97. The van der Waals surface area contributed by atoms with E-state index in [0.717, 1.165) is 17.0 Å². The van der Waals surface area contributed by atoms with Crippen LogP contribution in [0.1, 0.15) is 10.7 Å². The van der Waals surface area contributed by atoms with E-state index in [1.54, 1.807) is 18.2 Å². The zero-order valence-electron chi connectivity index (χ0n) is 13.7. The van der Waals surface area contributed by atoms with Crippen molar-refractivity contribution in [3.63, 3.8) is 0 Å². The number of aryl methyl sites for hydroxylation is 1. The van der Waals surface area contributed by atoms with Gasteiger partial charge in [-0.25, -0.2) is 17.8 Å². The molecule has 0 N–H and O–H groups in total. The summed E-state index contributed by atoms with van der Waals surface area (Å²) in [7, 11) is -3.26. The Morgan fingerprint density at radius 1 is 1.12 bits per heavy atom. The van der Waals surface area contributed by atoms with Crippen molar-refractivity contribution in [2.24, 2.45) is 0 Å². The number of hydrogen-bond acceptors (Lipinski definition) is 5.